The Bertz CT molecular complexity index is 483. The predicted octanol–water partition coefficient (Wildman–Crippen LogP) is 1.30. The third-order valence-corrected chi connectivity index (χ3v) is 2.15. The molecule has 2 rings (SSSR count). The van der Waals surface area contributed by atoms with E-state index < -0.39 is 17.6 Å². The molecule has 0 unspecified atom stereocenters. The van der Waals surface area contributed by atoms with Gasteiger partial charge in [-0.25, -0.2) is 9.18 Å². The zero-order valence-electron chi connectivity index (χ0n) is 8.99. The minimum absolute atomic E-state index is 0.0505. The lowest BCUT2D eigenvalue weighted by molar-refractivity contribution is -0.137. The Kier molecular flexibility index (Phi) is 2.95. The molecule has 5 nitrogen and oxygen atoms in total. The van der Waals surface area contributed by atoms with Crippen LogP contribution in [0.2, 0.25) is 0 Å². The number of carbonyl (C=O) groups is 2. The molecular weight excluding hydrogens is 231 g/mol. The molecule has 0 saturated carbocycles. The highest BCUT2D eigenvalue weighted by Gasteiger charge is 2.25. The van der Waals surface area contributed by atoms with Gasteiger partial charge >= 0.3 is 5.97 Å². The van der Waals surface area contributed by atoms with Crippen molar-refractivity contribution < 1.29 is 28.2 Å². The number of Topliss-reactive ketones (excluding diaryl/α,β-unsaturated/α-hetero) is 1. The van der Waals surface area contributed by atoms with Crippen molar-refractivity contribution in [1.29, 1.82) is 0 Å². The number of carbonyl (C=O) groups excluding carboxylic acids is 2. The van der Waals surface area contributed by atoms with Crippen molar-refractivity contribution in [3.05, 3.63) is 23.5 Å². The number of halogens is 1. The summed E-state index contributed by atoms with van der Waals surface area (Å²) >= 11 is 0. The average molecular weight is 240 g/mol. The lowest BCUT2D eigenvalue weighted by Crippen LogP contribution is -2.17. The number of benzene rings is 1. The number of ether oxygens (including phenoxy) is 3. The molecule has 0 aliphatic carbocycles. The minimum atomic E-state index is -1.02. The van der Waals surface area contributed by atoms with Gasteiger partial charge < -0.3 is 14.2 Å². The minimum Gasteiger partial charge on any atom is -0.460 e. The Morgan fingerprint density at radius 1 is 1.41 bits per heavy atom. The number of hydrogen-bond acceptors (Lipinski definition) is 5. The quantitative estimate of drug-likeness (QED) is 0.452. The lowest BCUT2D eigenvalue weighted by Gasteiger charge is -2.03. The van der Waals surface area contributed by atoms with E-state index in [1.165, 1.54) is 6.07 Å². The second-order valence-corrected chi connectivity index (χ2v) is 3.24. The van der Waals surface area contributed by atoms with Crippen molar-refractivity contribution in [3.63, 3.8) is 0 Å². The van der Waals surface area contributed by atoms with Crippen LogP contribution >= 0.6 is 0 Å². The van der Waals surface area contributed by atoms with Gasteiger partial charge in [-0.1, -0.05) is 0 Å². The summed E-state index contributed by atoms with van der Waals surface area (Å²) < 4.78 is 27.8. The second-order valence-electron chi connectivity index (χ2n) is 3.24. The van der Waals surface area contributed by atoms with Gasteiger partial charge in [0.15, 0.2) is 11.6 Å². The monoisotopic (exact) mass is 240 g/mol. The first kappa shape index (κ1) is 11.4. The molecule has 0 amide bonds. The van der Waals surface area contributed by atoms with E-state index in [2.05, 4.69) is 4.74 Å². The maximum Gasteiger partial charge on any atom is 0.379 e. The van der Waals surface area contributed by atoms with E-state index in [-0.39, 0.29) is 30.5 Å². The largest absolute Gasteiger partial charge is 0.460 e. The summed E-state index contributed by atoms with van der Waals surface area (Å²) in [5.74, 6) is -2.62. The van der Waals surface area contributed by atoms with E-state index in [4.69, 9.17) is 9.47 Å². The first-order chi connectivity index (χ1) is 8.13. The highest BCUT2D eigenvalue weighted by Crippen LogP contribution is 2.35. The number of rotatable bonds is 3. The Balaban J connectivity index is 2.31. The topological polar surface area (TPSA) is 61.8 Å². The van der Waals surface area contributed by atoms with E-state index >= 15 is 0 Å². The highest BCUT2D eigenvalue weighted by atomic mass is 19.1. The van der Waals surface area contributed by atoms with Crippen molar-refractivity contribution in [3.8, 4) is 11.5 Å². The molecule has 0 spiro atoms. The molecule has 0 aromatic heterocycles. The Morgan fingerprint density at radius 2 is 2.18 bits per heavy atom. The summed E-state index contributed by atoms with van der Waals surface area (Å²) in [6.45, 7) is 1.55. The van der Waals surface area contributed by atoms with Crippen LogP contribution in [0.3, 0.4) is 0 Å². The van der Waals surface area contributed by atoms with Crippen molar-refractivity contribution in [2.24, 2.45) is 0 Å². The smallest absolute Gasteiger partial charge is 0.379 e. The number of esters is 1. The van der Waals surface area contributed by atoms with Gasteiger partial charge in [0.25, 0.3) is 5.78 Å². The molecule has 0 bridgehead atoms. The molecule has 90 valence electrons. The summed E-state index contributed by atoms with van der Waals surface area (Å²) in [7, 11) is 0. The number of hydrogen-bond donors (Lipinski definition) is 0. The van der Waals surface area contributed by atoms with Crippen LogP contribution in [0.1, 0.15) is 17.3 Å². The number of ketones is 1. The van der Waals surface area contributed by atoms with Crippen LogP contribution < -0.4 is 9.47 Å². The van der Waals surface area contributed by atoms with Gasteiger partial charge in [0, 0.05) is 5.56 Å². The standard InChI is InChI=1S/C11H9FO5/c1-2-15-11(14)9(13)6-3-7(12)10-8(4-6)16-5-17-10/h3-4H,2,5H2,1H3. The van der Waals surface area contributed by atoms with E-state index in [0.717, 1.165) is 6.07 Å². The fourth-order valence-corrected chi connectivity index (χ4v) is 1.41. The molecule has 1 aromatic carbocycles. The van der Waals surface area contributed by atoms with Gasteiger partial charge in [-0.3, -0.25) is 4.79 Å². The van der Waals surface area contributed by atoms with Gasteiger partial charge in [-0.2, -0.15) is 0 Å². The molecule has 0 radical (unpaired) electrons. The molecule has 0 atom stereocenters. The van der Waals surface area contributed by atoms with E-state index in [0.29, 0.717) is 0 Å². The SMILES string of the molecule is CCOC(=O)C(=O)c1cc(F)c2c(c1)OCO2. The van der Waals surface area contributed by atoms with Gasteiger partial charge in [0.1, 0.15) is 0 Å². The predicted molar refractivity (Wildman–Crippen MR) is 53.5 cm³/mol. The van der Waals surface area contributed by atoms with Crippen molar-refractivity contribution in [2.45, 2.75) is 6.92 Å². The van der Waals surface area contributed by atoms with Crippen LogP contribution in [0.5, 0.6) is 11.5 Å². The third-order valence-electron chi connectivity index (χ3n) is 2.15. The van der Waals surface area contributed by atoms with E-state index in [9.17, 15) is 14.0 Å². The van der Waals surface area contributed by atoms with E-state index in [1.54, 1.807) is 6.92 Å². The molecule has 1 aliphatic rings. The van der Waals surface area contributed by atoms with Gasteiger partial charge in [0.2, 0.25) is 12.5 Å². The summed E-state index contributed by atoms with van der Waals surface area (Å²) in [6.07, 6.45) is 0. The molecule has 6 heteroatoms. The van der Waals surface area contributed by atoms with Crippen LogP contribution in [0, 0.1) is 5.82 Å². The van der Waals surface area contributed by atoms with Crippen LogP contribution in [-0.4, -0.2) is 25.2 Å². The zero-order chi connectivity index (χ0) is 12.4. The Hall–Kier alpha value is -2.11. The summed E-state index contributed by atoms with van der Waals surface area (Å²) in [5, 5.41) is 0. The maximum absolute atomic E-state index is 13.5. The molecule has 0 saturated heterocycles. The zero-order valence-corrected chi connectivity index (χ0v) is 8.99. The fourth-order valence-electron chi connectivity index (χ4n) is 1.41. The van der Waals surface area contributed by atoms with Crippen LogP contribution in [0.25, 0.3) is 0 Å². The molecule has 0 N–H and O–H groups in total. The summed E-state index contributed by atoms with van der Waals surface area (Å²) in [6, 6.07) is 2.18. The first-order valence-corrected chi connectivity index (χ1v) is 4.94. The second kappa shape index (κ2) is 4.40. The average Bonchev–Trinajstić information content (AvgIpc) is 2.77. The van der Waals surface area contributed by atoms with Crippen LogP contribution in [-0.2, 0) is 9.53 Å². The normalized spacial score (nSPS) is 12.4. The van der Waals surface area contributed by atoms with Gasteiger partial charge in [-0.05, 0) is 19.1 Å². The van der Waals surface area contributed by atoms with Crippen LogP contribution in [0.4, 0.5) is 4.39 Å². The molecule has 1 aliphatic heterocycles. The molecular formula is C11H9FO5. The van der Waals surface area contributed by atoms with Gasteiger partial charge in [0.05, 0.1) is 6.61 Å². The molecule has 0 fully saturated rings. The Morgan fingerprint density at radius 3 is 2.88 bits per heavy atom. The summed E-state index contributed by atoms with van der Waals surface area (Å²) in [5.41, 5.74) is -0.120. The molecule has 1 heterocycles. The van der Waals surface area contributed by atoms with Crippen molar-refractivity contribution >= 4 is 11.8 Å². The maximum atomic E-state index is 13.5. The highest BCUT2D eigenvalue weighted by molar-refractivity contribution is 6.40. The first-order valence-electron chi connectivity index (χ1n) is 4.94. The van der Waals surface area contributed by atoms with Crippen LogP contribution in [0.15, 0.2) is 12.1 Å². The lowest BCUT2D eigenvalue weighted by atomic mass is 10.1. The fraction of sp³-hybridized carbons (Fsp3) is 0.273. The van der Waals surface area contributed by atoms with Gasteiger partial charge in [-0.15, -0.1) is 0 Å². The number of fused-ring (bicyclic) bond motifs is 1. The van der Waals surface area contributed by atoms with Crippen molar-refractivity contribution in [1.82, 2.24) is 0 Å². The van der Waals surface area contributed by atoms with Crippen molar-refractivity contribution in [2.75, 3.05) is 13.4 Å². The summed E-state index contributed by atoms with van der Waals surface area (Å²) in [4.78, 5) is 22.7. The molecule has 17 heavy (non-hydrogen) atoms. The van der Waals surface area contributed by atoms with E-state index in [1.807, 2.05) is 0 Å². The third kappa shape index (κ3) is 2.06. The molecule has 1 aromatic rings. The Labute approximate surface area is 96.1 Å².